The summed E-state index contributed by atoms with van der Waals surface area (Å²) >= 11 is 1.41. The molecule has 27 heavy (non-hydrogen) atoms. The fourth-order valence-electron chi connectivity index (χ4n) is 4.10. The molecule has 6 atom stereocenters. The number of carbonyl (C=O) groups excluding carboxylic acids is 1. The summed E-state index contributed by atoms with van der Waals surface area (Å²) in [6.07, 6.45) is -0.197. The Labute approximate surface area is 161 Å². The molecule has 0 radical (unpaired) electrons. The van der Waals surface area contributed by atoms with E-state index in [1.54, 1.807) is 6.92 Å². The van der Waals surface area contributed by atoms with Crippen LogP contribution < -0.4 is 15.2 Å². The maximum Gasteiger partial charge on any atom is 0.353 e. The van der Waals surface area contributed by atoms with E-state index >= 15 is 0 Å². The van der Waals surface area contributed by atoms with Crippen LogP contribution in [-0.4, -0.2) is 71.9 Å². The van der Waals surface area contributed by atoms with Gasteiger partial charge in [-0.15, -0.1) is 11.8 Å². The third kappa shape index (κ3) is 3.87. The van der Waals surface area contributed by atoms with E-state index in [2.05, 4.69) is 10.0 Å². The summed E-state index contributed by atoms with van der Waals surface area (Å²) in [5.41, 5.74) is 0.00510. The van der Waals surface area contributed by atoms with Gasteiger partial charge in [-0.05, 0) is 13.3 Å². The molecule has 3 rings (SSSR count). The number of amides is 1. The van der Waals surface area contributed by atoms with Crippen LogP contribution in [0.25, 0.3) is 0 Å². The number of rotatable bonds is 7. The molecule has 0 aromatic carbocycles. The number of nitrogens with two attached hydrogens (primary N) is 1. The van der Waals surface area contributed by atoms with Gasteiger partial charge in [-0.1, -0.05) is 6.92 Å². The Morgan fingerprint density at radius 2 is 2.19 bits per heavy atom. The zero-order valence-corrected chi connectivity index (χ0v) is 16.6. The molecule has 0 bridgehead atoms. The first-order valence-corrected chi connectivity index (χ1v) is 11.1. The van der Waals surface area contributed by atoms with Gasteiger partial charge in [-0.3, -0.25) is 4.79 Å². The second-order valence-electron chi connectivity index (χ2n) is 7.25. The van der Waals surface area contributed by atoms with Crippen molar-refractivity contribution in [2.24, 2.45) is 17.0 Å². The fraction of sp³-hybridized carbons (Fsp3) is 0.733. The maximum absolute atomic E-state index is 12.3. The summed E-state index contributed by atoms with van der Waals surface area (Å²) in [5, 5.41) is 27.7. The quantitative estimate of drug-likeness (QED) is 0.308. The molecule has 0 aromatic heterocycles. The average molecular weight is 421 g/mol. The highest BCUT2D eigenvalue weighted by molar-refractivity contribution is 8.03. The molecule has 3 aliphatic heterocycles. The molecular formula is C15H24N4O6S2. The van der Waals surface area contributed by atoms with E-state index in [9.17, 15) is 28.2 Å². The van der Waals surface area contributed by atoms with Gasteiger partial charge in [0.1, 0.15) is 5.70 Å². The van der Waals surface area contributed by atoms with Crippen molar-refractivity contribution in [1.29, 1.82) is 0 Å². The first-order valence-electron chi connectivity index (χ1n) is 8.67. The number of carboxylic acids is 1. The number of thioether (sulfide) groups is 1. The summed E-state index contributed by atoms with van der Waals surface area (Å²) in [6.45, 7) is 4.17. The first kappa shape index (κ1) is 20.6. The van der Waals surface area contributed by atoms with Crippen molar-refractivity contribution in [3.8, 4) is 0 Å². The summed E-state index contributed by atoms with van der Waals surface area (Å²) in [4.78, 5) is 26.1. The van der Waals surface area contributed by atoms with Gasteiger partial charge in [-0.25, -0.2) is 14.7 Å². The van der Waals surface area contributed by atoms with Gasteiger partial charge in [0.05, 0.1) is 18.1 Å². The number of fused-ring (bicyclic) bond motifs is 1. The van der Waals surface area contributed by atoms with Gasteiger partial charge in [0, 0.05) is 35.2 Å². The van der Waals surface area contributed by atoms with Crippen molar-refractivity contribution < 1.29 is 28.2 Å². The summed E-state index contributed by atoms with van der Waals surface area (Å²) < 4.78 is 24.3. The van der Waals surface area contributed by atoms with Gasteiger partial charge < -0.3 is 20.4 Å². The second-order valence-corrected chi connectivity index (χ2v) is 9.97. The minimum absolute atomic E-state index is 0.00510. The molecule has 2 saturated heterocycles. The number of β-lactam (4-membered cyclic amide) rings is 1. The Kier molecular flexibility index (Phi) is 5.58. The largest absolute Gasteiger partial charge is 0.477 e. The lowest BCUT2D eigenvalue weighted by Crippen LogP contribution is -2.63. The van der Waals surface area contributed by atoms with Crippen LogP contribution in [0.15, 0.2) is 10.6 Å². The molecule has 10 nitrogen and oxygen atoms in total. The number of hydrogen-bond acceptors (Lipinski definition) is 7. The second kappa shape index (κ2) is 7.33. The third-order valence-corrected chi connectivity index (χ3v) is 7.40. The molecule has 0 aromatic rings. The van der Waals surface area contributed by atoms with E-state index in [1.165, 1.54) is 16.7 Å². The van der Waals surface area contributed by atoms with E-state index in [1.807, 2.05) is 6.92 Å². The lowest BCUT2D eigenvalue weighted by atomic mass is 9.79. The highest BCUT2D eigenvalue weighted by atomic mass is 32.2. The fourth-order valence-corrected chi connectivity index (χ4v) is 6.05. The minimum Gasteiger partial charge on any atom is -0.477 e. The van der Waals surface area contributed by atoms with E-state index in [4.69, 9.17) is 5.14 Å². The number of nitrogens with zero attached hydrogens (tertiary/aromatic N) is 1. The SMILES string of the molecule is CC(O)[C@H]1C(=O)N2C(C(=O)O)=C(S[C@@H]3CN[C@H](CNS(N)(=O)=O)C3)[C@H](C)[C@H]12. The normalized spacial score (nSPS) is 34.6. The molecule has 0 saturated carbocycles. The minimum atomic E-state index is -3.76. The molecule has 0 aliphatic carbocycles. The molecule has 1 unspecified atom stereocenters. The van der Waals surface area contributed by atoms with Gasteiger partial charge in [0.2, 0.25) is 5.91 Å². The number of carboxylic acid groups (broad SMARTS) is 1. The van der Waals surface area contributed by atoms with Crippen molar-refractivity contribution >= 4 is 33.8 Å². The zero-order chi connectivity index (χ0) is 20.1. The van der Waals surface area contributed by atoms with E-state index in [0.29, 0.717) is 17.9 Å². The lowest BCUT2D eigenvalue weighted by Gasteiger charge is -2.46. The molecule has 3 aliphatic rings. The van der Waals surface area contributed by atoms with Gasteiger partial charge in [0.15, 0.2) is 0 Å². The monoisotopic (exact) mass is 420 g/mol. The van der Waals surface area contributed by atoms with Crippen LogP contribution in [0.3, 0.4) is 0 Å². The Hall–Kier alpha value is -1.18. The van der Waals surface area contributed by atoms with Crippen LogP contribution in [0.5, 0.6) is 0 Å². The Balaban J connectivity index is 1.71. The van der Waals surface area contributed by atoms with Crippen molar-refractivity contribution in [1.82, 2.24) is 14.9 Å². The number of aliphatic hydroxyl groups excluding tert-OH is 1. The summed E-state index contributed by atoms with van der Waals surface area (Å²) in [6, 6.07) is -0.435. The number of aliphatic carboxylic acids is 1. The number of carbonyl (C=O) groups is 2. The number of nitrogens with one attached hydrogen (secondary N) is 2. The topological polar surface area (TPSA) is 162 Å². The van der Waals surface area contributed by atoms with Crippen molar-refractivity contribution in [2.45, 2.75) is 43.7 Å². The molecular weight excluding hydrogens is 396 g/mol. The number of aliphatic hydroxyl groups is 1. The average Bonchev–Trinajstić information content (AvgIpc) is 3.07. The third-order valence-electron chi connectivity index (χ3n) is 5.32. The van der Waals surface area contributed by atoms with Gasteiger partial charge >= 0.3 is 5.97 Å². The van der Waals surface area contributed by atoms with Crippen LogP contribution >= 0.6 is 11.8 Å². The first-order chi connectivity index (χ1) is 12.5. The van der Waals surface area contributed by atoms with Crippen molar-refractivity contribution in [3.05, 3.63) is 10.6 Å². The van der Waals surface area contributed by atoms with Gasteiger partial charge in [0.25, 0.3) is 10.2 Å². The predicted octanol–water partition coefficient (Wildman–Crippen LogP) is -1.60. The summed E-state index contributed by atoms with van der Waals surface area (Å²) in [5.74, 6) is -2.27. The number of hydrogen-bond donors (Lipinski definition) is 5. The van der Waals surface area contributed by atoms with Crippen molar-refractivity contribution in [2.75, 3.05) is 13.1 Å². The van der Waals surface area contributed by atoms with Crippen LogP contribution in [0.1, 0.15) is 20.3 Å². The van der Waals surface area contributed by atoms with Crippen LogP contribution in [0, 0.1) is 11.8 Å². The van der Waals surface area contributed by atoms with E-state index in [-0.39, 0.29) is 41.4 Å². The smallest absolute Gasteiger partial charge is 0.353 e. The zero-order valence-electron chi connectivity index (χ0n) is 15.0. The molecule has 152 valence electrons. The van der Waals surface area contributed by atoms with Crippen LogP contribution in [0.4, 0.5) is 0 Å². The van der Waals surface area contributed by atoms with Crippen LogP contribution in [-0.2, 0) is 19.8 Å². The summed E-state index contributed by atoms with van der Waals surface area (Å²) in [7, 11) is -3.76. The Morgan fingerprint density at radius 3 is 2.74 bits per heavy atom. The van der Waals surface area contributed by atoms with E-state index in [0.717, 1.165) is 0 Å². The van der Waals surface area contributed by atoms with Crippen LogP contribution in [0.2, 0.25) is 0 Å². The lowest BCUT2D eigenvalue weighted by molar-refractivity contribution is -0.163. The molecule has 6 N–H and O–H groups in total. The highest BCUT2D eigenvalue weighted by Gasteiger charge is 2.60. The predicted molar refractivity (Wildman–Crippen MR) is 98.5 cm³/mol. The van der Waals surface area contributed by atoms with Crippen molar-refractivity contribution in [3.63, 3.8) is 0 Å². The maximum atomic E-state index is 12.3. The molecule has 3 heterocycles. The molecule has 1 amide bonds. The molecule has 2 fully saturated rings. The molecule has 0 spiro atoms. The Morgan fingerprint density at radius 1 is 1.52 bits per heavy atom. The van der Waals surface area contributed by atoms with E-state index < -0.39 is 28.2 Å². The standard InChI is InChI=1S/C15H24N4O6S2/c1-6-11-10(7(2)20)14(21)19(11)12(15(22)23)13(6)26-9-3-8(17-5-9)4-18-27(16,24)25/h6-11,17-18,20H,3-5H2,1-2H3,(H,22,23)(H2,16,24,25)/t6-,7?,8+,9+,10-,11-/m1/s1. The highest BCUT2D eigenvalue weighted by Crippen LogP contribution is 2.51. The Bertz CT molecular complexity index is 783. The van der Waals surface area contributed by atoms with Gasteiger partial charge in [-0.2, -0.15) is 8.42 Å². The molecule has 12 heteroatoms.